The third-order valence-corrected chi connectivity index (χ3v) is 3.50. The predicted molar refractivity (Wildman–Crippen MR) is 72.2 cm³/mol. The van der Waals surface area contributed by atoms with Gasteiger partial charge in [0.05, 0.1) is 11.7 Å². The van der Waals surface area contributed by atoms with E-state index < -0.39 is 0 Å². The standard InChI is InChI=1S/C14H19N3/c1-9(2)17-7-6-12-13(17)5-4-11-8-15-10(3)16-14(11)12/h4-7,9-10,15-16H,8H2,1-3H3. The number of anilines is 1. The summed E-state index contributed by atoms with van der Waals surface area (Å²) in [6.45, 7) is 7.54. The maximum Gasteiger partial charge on any atom is 0.0742 e. The molecule has 0 bridgehead atoms. The first-order valence-electron chi connectivity index (χ1n) is 6.29. The lowest BCUT2D eigenvalue weighted by Crippen LogP contribution is -2.37. The monoisotopic (exact) mass is 229 g/mol. The SMILES string of the molecule is CC1NCc2ccc3c(ccn3C(C)C)c2N1. The van der Waals surface area contributed by atoms with Gasteiger partial charge in [-0.15, -0.1) is 0 Å². The van der Waals surface area contributed by atoms with E-state index >= 15 is 0 Å². The second-order valence-electron chi connectivity index (χ2n) is 5.10. The molecule has 2 N–H and O–H groups in total. The Morgan fingerprint density at radius 3 is 2.88 bits per heavy atom. The van der Waals surface area contributed by atoms with E-state index in [4.69, 9.17) is 0 Å². The number of hydrogen-bond acceptors (Lipinski definition) is 2. The highest BCUT2D eigenvalue weighted by Gasteiger charge is 2.17. The number of nitrogens with one attached hydrogen (secondary N) is 2. The molecule has 1 aliphatic rings. The summed E-state index contributed by atoms with van der Waals surface area (Å²) in [7, 11) is 0. The molecule has 0 fully saturated rings. The van der Waals surface area contributed by atoms with Gasteiger partial charge in [-0.3, -0.25) is 5.32 Å². The zero-order chi connectivity index (χ0) is 12.0. The summed E-state index contributed by atoms with van der Waals surface area (Å²) >= 11 is 0. The number of nitrogens with zero attached hydrogens (tertiary/aromatic N) is 1. The van der Waals surface area contributed by atoms with Crippen LogP contribution in [0, 0.1) is 0 Å². The van der Waals surface area contributed by atoms with Gasteiger partial charge in [-0.25, -0.2) is 0 Å². The lowest BCUT2D eigenvalue weighted by atomic mass is 10.1. The van der Waals surface area contributed by atoms with E-state index in [1.54, 1.807) is 0 Å². The van der Waals surface area contributed by atoms with E-state index in [-0.39, 0.29) is 0 Å². The van der Waals surface area contributed by atoms with Crippen LogP contribution in [0.3, 0.4) is 0 Å². The molecule has 0 saturated carbocycles. The first kappa shape index (κ1) is 10.7. The van der Waals surface area contributed by atoms with Gasteiger partial charge in [0.2, 0.25) is 0 Å². The summed E-state index contributed by atoms with van der Waals surface area (Å²) in [6, 6.07) is 7.18. The van der Waals surface area contributed by atoms with Crippen LogP contribution >= 0.6 is 0 Å². The Labute approximate surface area is 102 Å². The molecule has 0 aliphatic carbocycles. The molecule has 0 amide bonds. The predicted octanol–water partition coefficient (Wildman–Crippen LogP) is 3.08. The fourth-order valence-electron chi connectivity index (χ4n) is 2.58. The van der Waals surface area contributed by atoms with Crippen LogP contribution in [-0.2, 0) is 6.54 Å². The third kappa shape index (κ3) is 1.62. The second kappa shape index (κ2) is 3.77. The first-order chi connectivity index (χ1) is 8.16. The lowest BCUT2D eigenvalue weighted by Gasteiger charge is -2.26. The smallest absolute Gasteiger partial charge is 0.0742 e. The third-order valence-electron chi connectivity index (χ3n) is 3.50. The van der Waals surface area contributed by atoms with Crippen molar-refractivity contribution in [2.75, 3.05) is 5.32 Å². The zero-order valence-corrected chi connectivity index (χ0v) is 10.6. The van der Waals surface area contributed by atoms with Gasteiger partial charge >= 0.3 is 0 Å². The molecule has 1 unspecified atom stereocenters. The molecule has 3 rings (SSSR count). The number of aromatic nitrogens is 1. The van der Waals surface area contributed by atoms with Crippen molar-refractivity contribution in [3.8, 4) is 0 Å². The summed E-state index contributed by atoms with van der Waals surface area (Å²) in [5.41, 5.74) is 3.98. The van der Waals surface area contributed by atoms with Crippen molar-refractivity contribution in [1.82, 2.24) is 9.88 Å². The molecule has 3 heteroatoms. The van der Waals surface area contributed by atoms with Crippen molar-refractivity contribution < 1.29 is 0 Å². The Bertz CT molecular complexity index is 554. The van der Waals surface area contributed by atoms with Crippen LogP contribution in [0.25, 0.3) is 10.9 Å². The van der Waals surface area contributed by atoms with Crippen molar-refractivity contribution >= 4 is 16.6 Å². The van der Waals surface area contributed by atoms with E-state index in [1.165, 1.54) is 22.2 Å². The molecular formula is C14H19N3. The van der Waals surface area contributed by atoms with Crippen molar-refractivity contribution in [3.05, 3.63) is 30.0 Å². The van der Waals surface area contributed by atoms with Crippen molar-refractivity contribution in [2.24, 2.45) is 0 Å². The molecule has 17 heavy (non-hydrogen) atoms. The number of hydrogen-bond donors (Lipinski definition) is 2. The second-order valence-corrected chi connectivity index (χ2v) is 5.10. The van der Waals surface area contributed by atoms with Crippen LogP contribution in [0.2, 0.25) is 0 Å². The van der Waals surface area contributed by atoms with Crippen LogP contribution in [0.5, 0.6) is 0 Å². The fraction of sp³-hybridized carbons (Fsp3) is 0.429. The normalized spacial score (nSPS) is 19.4. The van der Waals surface area contributed by atoms with Crippen molar-refractivity contribution in [2.45, 2.75) is 39.5 Å². The summed E-state index contributed by atoms with van der Waals surface area (Å²) in [4.78, 5) is 0. The number of fused-ring (bicyclic) bond motifs is 3. The number of rotatable bonds is 1. The molecule has 3 nitrogen and oxygen atoms in total. The van der Waals surface area contributed by atoms with Gasteiger partial charge in [0.15, 0.2) is 0 Å². The van der Waals surface area contributed by atoms with E-state index in [0.29, 0.717) is 12.2 Å². The van der Waals surface area contributed by atoms with Gasteiger partial charge in [0, 0.05) is 29.9 Å². The Balaban J connectivity index is 2.21. The zero-order valence-electron chi connectivity index (χ0n) is 10.6. The van der Waals surface area contributed by atoms with Crippen LogP contribution in [0.15, 0.2) is 24.4 Å². The maximum absolute atomic E-state index is 3.53. The highest BCUT2D eigenvalue weighted by Crippen LogP contribution is 2.32. The van der Waals surface area contributed by atoms with E-state index in [1.807, 2.05) is 0 Å². The summed E-state index contributed by atoms with van der Waals surface area (Å²) < 4.78 is 2.32. The molecule has 1 aliphatic heterocycles. The van der Waals surface area contributed by atoms with Gasteiger partial charge in [-0.05, 0) is 38.5 Å². The molecule has 1 atom stereocenters. The van der Waals surface area contributed by atoms with E-state index in [0.717, 1.165) is 6.54 Å². The topological polar surface area (TPSA) is 29.0 Å². The van der Waals surface area contributed by atoms with Gasteiger partial charge in [0.1, 0.15) is 0 Å². The van der Waals surface area contributed by atoms with Crippen molar-refractivity contribution in [3.63, 3.8) is 0 Å². The minimum atomic E-state index is 0.343. The minimum Gasteiger partial charge on any atom is -0.369 e. The van der Waals surface area contributed by atoms with Gasteiger partial charge in [-0.1, -0.05) is 6.07 Å². The van der Waals surface area contributed by atoms with Gasteiger partial charge in [-0.2, -0.15) is 0 Å². The average Bonchev–Trinajstić information content (AvgIpc) is 2.72. The largest absolute Gasteiger partial charge is 0.369 e. The highest BCUT2D eigenvalue weighted by molar-refractivity contribution is 5.94. The maximum atomic E-state index is 3.53. The average molecular weight is 229 g/mol. The quantitative estimate of drug-likeness (QED) is 0.787. The van der Waals surface area contributed by atoms with Crippen LogP contribution < -0.4 is 10.6 Å². The number of benzene rings is 1. The summed E-state index contributed by atoms with van der Waals surface area (Å²) in [5.74, 6) is 0. The van der Waals surface area contributed by atoms with Crippen LogP contribution in [0.1, 0.15) is 32.4 Å². The molecular weight excluding hydrogens is 210 g/mol. The lowest BCUT2D eigenvalue weighted by molar-refractivity contribution is 0.580. The Kier molecular flexibility index (Phi) is 2.37. The summed E-state index contributed by atoms with van der Waals surface area (Å²) in [6.07, 6.45) is 2.53. The Hall–Kier alpha value is -1.48. The van der Waals surface area contributed by atoms with E-state index in [2.05, 4.69) is 60.4 Å². The molecule has 2 heterocycles. The molecule has 0 saturated heterocycles. The molecule has 0 radical (unpaired) electrons. The van der Waals surface area contributed by atoms with Crippen LogP contribution in [0.4, 0.5) is 5.69 Å². The van der Waals surface area contributed by atoms with Crippen molar-refractivity contribution in [1.29, 1.82) is 0 Å². The molecule has 2 aromatic rings. The Morgan fingerprint density at radius 1 is 1.29 bits per heavy atom. The summed E-state index contributed by atoms with van der Waals surface area (Å²) in [5, 5.41) is 8.28. The van der Waals surface area contributed by atoms with E-state index in [9.17, 15) is 0 Å². The van der Waals surface area contributed by atoms with Gasteiger partial charge < -0.3 is 9.88 Å². The first-order valence-corrected chi connectivity index (χ1v) is 6.29. The van der Waals surface area contributed by atoms with Crippen LogP contribution in [-0.4, -0.2) is 10.7 Å². The minimum absolute atomic E-state index is 0.343. The fourth-order valence-corrected chi connectivity index (χ4v) is 2.58. The Morgan fingerprint density at radius 2 is 2.12 bits per heavy atom. The molecule has 0 spiro atoms. The highest BCUT2D eigenvalue weighted by atomic mass is 15.1. The molecule has 1 aromatic heterocycles. The van der Waals surface area contributed by atoms with Gasteiger partial charge in [0.25, 0.3) is 0 Å². The molecule has 1 aromatic carbocycles. The molecule has 90 valence electrons.